The molecule has 1 unspecified atom stereocenters. The summed E-state index contributed by atoms with van der Waals surface area (Å²) in [7, 11) is 0. The second kappa shape index (κ2) is 4.42. The molecule has 82 valence electrons. The molecular weight excluding hydrogens is 210 g/mol. The lowest BCUT2D eigenvalue weighted by atomic mass is 9.98. The molecule has 1 aromatic rings. The number of benzene rings is 1. The van der Waals surface area contributed by atoms with Crippen molar-refractivity contribution in [1.29, 1.82) is 0 Å². The molecule has 0 saturated carbocycles. The molecule has 0 aliphatic carbocycles. The Kier molecular flexibility index (Phi) is 3.17. The van der Waals surface area contributed by atoms with E-state index >= 15 is 0 Å². The van der Waals surface area contributed by atoms with Gasteiger partial charge in [-0.1, -0.05) is 18.5 Å². The highest BCUT2D eigenvalue weighted by Gasteiger charge is 2.18. The zero-order chi connectivity index (χ0) is 10.8. The van der Waals surface area contributed by atoms with Crippen LogP contribution in [-0.2, 0) is 12.8 Å². The Hall–Kier alpha value is -0.730. The third kappa shape index (κ3) is 2.27. The third-order valence-electron chi connectivity index (χ3n) is 2.80. The van der Waals surface area contributed by atoms with Crippen molar-refractivity contribution < 1.29 is 4.74 Å². The number of nitrogens with two attached hydrogens (primary N) is 1. The van der Waals surface area contributed by atoms with Crippen LogP contribution >= 0.6 is 11.6 Å². The minimum Gasteiger partial charge on any atom is -0.493 e. The van der Waals surface area contributed by atoms with Crippen molar-refractivity contribution in [2.45, 2.75) is 19.8 Å². The molecule has 1 aliphatic rings. The maximum absolute atomic E-state index is 6.07. The first-order valence-electron chi connectivity index (χ1n) is 5.35. The quantitative estimate of drug-likeness (QED) is 0.858. The van der Waals surface area contributed by atoms with Crippen molar-refractivity contribution in [3.05, 3.63) is 28.3 Å². The first-order valence-corrected chi connectivity index (χ1v) is 5.72. The van der Waals surface area contributed by atoms with E-state index in [2.05, 4.69) is 6.92 Å². The number of fused-ring (bicyclic) bond motifs is 1. The summed E-state index contributed by atoms with van der Waals surface area (Å²) >= 11 is 6.07. The maximum Gasteiger partial charge on any atom is 0.125 e. The van der Waals surface area contributed by atoms with Gasteiger partial charge in [-0.15, -0.1) is 0 Å². The Labute approximate surface area is 95.4 Å². The number of halogens is 1. The van der Waals surface area contributed by atoms with E-state index in [9.17, 15) is 0 Å². The van der Waals surface area contributed by atoms with Crippen LogP contribution in [0.25, 0.3) is 0 Å². The van der Waals surface area contributed by atoms with Gasteiger partial charge >= 0.3 is 0 Å². The number of rotatable bonds is 3. The average Bonchev–Trinajstić information content (AvgIpc) is 2.65. The van der Waals surface area contributed by atoms with E-state index in [1.807, 2.05) is 12.1 Å². The molecule has 0 bridgehead atoms. The Morgan fingerprint density at radius 3 is 3.07 bits per heavy atom. The van der Waals surface area contributed by atoms with Crippen LogP contribution in [-0.4, -0.2) is 13.2 Å². The van der Waals surface area contributed by atoms with E-state index in [0.717, 1.165) is 30.2 Å². The van der Waals surface area contributed by atoms with Crippen LogP contribution in [0.1, 0.15) is 18.1 Å². The first kappa shape index (κ1) is 10.8. The van der Waals surface area contributed by atoms with E-state index in [1.54, 1.807) is 0 Å². The molecule has 2 N–H and O–H groups in total. The van der Waals surface area contributed by atoms with Crippen LogP contribution in [0.2, 0.25) is 5.02 Å². The summed E-state index contributed by atoms with van der Waals surface area (Å²) in [6.07, 6.45) is 1.92. The van der Waals surface area contributed by atoms with Crippen LogP contribution in [0, 0.1) is 5.92 Å². The van der Waals surface area contributed by atoms with Crippen molar-refractivity contribution >= 4 is 11.6 Å². The summed E-state index contributed by atoms with van der Waals surface area (Å²) in [5, 5.41) is 0.804. The van der Waals surface area contributed by atoms with Crippen molar-refractivity contribution in [1.82, 2.24) is 0 Å². The van der Waals surface area contributed by atoms with Crippen LogP contribution in [0.3, 0.4) is 0 Å². The Balaban J connectivity index is 2.30. The Morgan fingerprint density at radius 1 is 1.53 bits per heavy atom. The lowest BCUT2D eigenvalue weighted by molar-refractivity contribution is 0.351. The standard InChI is InChI=1S/C12H16ClNO/c1-8(7-14)4-10-6-11(13)5-9-2-3-15-12(9)10/h5-6,8H,2-4,7,14H2,1H3. The van der Waals surface area contributed by atoms with E-state index in [-0.39, 0.29) is 0 Å². The van der Waals surface area contributed by atoms with Gasteiger partial charge in [0.05, 0.1) is 6.61 Å². The van der Waals surface area contributed by atoms with Crippen LogP contribution in [0.15, 0.2) is 12.1 Å². The number of ether oxygens (including phenoxy) is 1. The molecule has 0 spiro atoms. The first-order chi connectivity index (χ1) is 7.20. The molecule has 1 atom stereocenters. The molecule has 0 radical (unpaired) electrons. The zero-order valence-electron chi connectivity index (χ0n) is 8.92. The second-order valence-electron chi connectivity index (χ2n) is 4.20. The SMILES string of the molecule is CC(CN)Cc1cc(Cl)cc2c1OCC2. The van der Waals surface area contributed by atoms with Crippen molar-refractivity contribution in [3.63, 3.8) is 0 Å². The molecule has 0 amide bonds. The van der Waals surface area contributed by atoms with Gasteiger partial charge in [0.2, 0.25) is 0 Å². The van der Waals surface area contributed by atoms with Gasteiger partial charge in [-0.25, -0.2) is 0 Å². The molecule has 0 fully saturated rings. The Morgan fingerprint density at radius 2 is 2.33 bits per heavy atom. The molecular formula is C12H16ClNO. The van der Waals surface area contributed by atoms with Crippen LogP contribution in [0.4, 0.5) is 0 Å². The molecule has 1 heterocycles. The van der Waals surface area contributed by atoms with Gasteiger partial charge in [0.15, 0.2) is 0 Å². The van der Waals surface area contributed by atoms with Gasteiger partial charge in [0.25, 0.3) is 0 Å². The number of hydrogen-bond acceptors (Lipinski definition) is 2. The molecule has 3 heteroatoms. The van der Waals surface area contributed by atoms with Gasteiger partial charge in [0, 0.05) is 11.4 Å². The molecule has 1 aliphatic heterocycles. The molecule has 1 aromatic carbocycles. The highest BCUT2D eigenvalue weighted by Crippen LogP contribution is 2.33. The highest BCUT2D eigenvalue weighted by atomic mass is 35.5. The minimum atomic E-state index is 0.469. The maximum atomic E-state index is 6.07. The van der Waals surface area contributed by atoms with E-state index in [4.69, 9.17) is 22.1 Å². The van der Waals surface area contributed by atoms with Gasteiger partial charge in [-0.3, -0.25) is 0 Å². The zero-order valence-corrected chi connectivity index (χ0v) is 9.68. The third-order valence-corrected chi connectivity index (χ3v) is 3.01. The molecule has 2 nitrogen and oxygen atoms in total. The van der Waals surface area contributed by atoms with Gasteiger partial charge in [-0.2, -0.15) is 0 Å². The largest absolute Gasteiger partial charge is 0.493 e. The fraction of sp³-hybridized carbons (Fsp3) is 0.500. The summed E-state index contributed by atoms with van der Waals surface area (Å²) in [5.41, 5.74) is 8.07. The normalized spacial score (nSPS) is 15.9. The highest BCUT2D eigenvalue weighted by molar-refractivity contribution is 6.30. The molecule has 15 heavy (non-hydrogen) atoms. The van der Waals surface area contributed by atoms with Gasteiger partial charge in [-0.05, 0) is 42.1 Å². The van der Waals surface area contributed by atoms with Crippen LogP contribution < -0.4 is 10.5 Å². The van der Waals surface area contributed by atoms with Crippen LogP contribution in [0.5, 0.6) is 5.75 Å². The summed E-state index contributed by atoms with van der Waals surface area (Å²) in [6.45, 7) is 3.61. The Bertz CT molecular complexity index is 365. The summed E-state index contributed by atoms with van der Waals surface area (Å²) in [4.78, 5) is 0. The van der Waals surface area contributed by atoms with Crippen molar-refractivity contribution in [2.75, 3.05) is 13.2 Å². The lowest BCUT2D eigenvalue weighted by Crippen LogP contribution is -2.13. The van der Waals surface area contributed by atoms with Crippen molar-refractivity contribution in [3.8, 4) is 5.75 Å². The van der Waals surface area contributed by atoms with E-state index < -0.39 is 0 Å². The predicted octanol–water partition coefficient (Wildman–Crippen LogP) is 2.41. The fourth-order valence-electron chi connectivity index (χ4n) is 1.96. The summed E-state index contributed by atoms with van der Waals surface area (Å²) in [6, 6.07) is 4.00. The fourth-order valence-corrected chi connectivity index (χ4v) is 2.22. The van der Waals surface area contributed by atoms with E-state index in [0.29, 0.717) is 12.5 Å². The number of hydrogen-bond donors (Lipinski definition) is 1. The molecule has 2 rings (SSSR count). The summed E-state index contributed by atoms with van der Waals surface area (Å²) in [5.74, 6) is 1.51. The minimum absolute atomic E-state index is 0.469. The monoisotopic (exact) mass is 225 g/mol. The smallest absolute Gasteiger partial charge is 0.125 e. The topological polar surface area (TPSA) is 35.2 Å². The molecule has 0 saturated heterocycles. The van der Waals surface area contributed by atoms with Crippen molar-refractivity contribution in [2.24, 2.45) is 11.7 Å². The van der Waals surface area contributed by atoms with Gasteiger partial charge in [0.1, 0.15) is 5.75 Å². The summed E-state index contributed by atoms with van der Waals surface area (Å²) < 4.78 is 5.63. The van der Waals surface area contributed by atoms with E-state index in [1.165, 1.54) is 11.1 Å². The second-order valence-corrected chi connectivity index (χ2v) is 4.63. The van der Waals surface area contributed by atoms with Gasteiger partial charge < -0.3 is 10.5 Å². The lowest BCUT2D eigenvalue weighted by Gasteiger charge is -2.12. The molecule has 0 aromatic heterocycles. The predicted molar refractivity (Wildman–Crippen MR) is 62.6 cm³/mol. The average molecular weight is 226 g/mol.